The standard InChI is InChI=1S/C18H25N7O2/c1-4-12(9-26)22-18-23-16(15-17(24-18)25(2)10-21-15)20-8-11-6-5-7-13(27-3)14(11)19/h5-7,10,12,26H,4,8-9,19H2,1-3H3,(H2,20,22,23,24). The quantitative estimate of drug-likeness (QED) is 0.442. The molecule has 5 N–H and O–H groups in total. The van der Waals surface area contributed by atoms with Gasteiger partial charge in [0.15, 0.2) is 17.0 Å². The van der Waals surface area contributed by atoms with Gasteiger partial charge in [-0.25, -0.2) is 4.98 Å². The van der Waals surface area contributed by atoms with Crippen molar-refractivity contribution in [2.45, 2.75) is 25.9 Å². The SMILES string of the molecule is CCC(CO)Nc1nc(NCc2cccc(OC)c2N)c2ncn(C)c2n1. The normalized spacial score (nSPS) is 12.1. The Morgan fingerprint density at radius 2 is 2.15 bits per heavy atom. The average molecular weight is 371 g/mol. The number of hydrogen-bond donors (Lipinski definition) is 4. The highest BCUT2D eigenvalue weighted by Crippen LogP contribution is 2.26. The van der Waals surface area contributed by atoms with Crippen molar-refractivity contribution in [3.63, 3.8) is 0 Å². The lowest BCUT2D eigenvalue weighted by molar-refractivity contribution is 0.271. The number of aliphatic hydroxyl groups excluding tert-OH is 1. The predicted molar refractivity (Wildman–Crippen MR) is 106 cm³/mol. The number of hydrogen-bond acceptors (Lipinski definition) is 8. The number of nitrogens with one attached hydrogen (secondary N) is 2. The predicted octanol–water partition coefficient (Wildman–Crippen LogP) is 1.75. The van der Waals surface area contributed by atoms with Gasteiger partial charge in [0.1, 0.15) is 5.75 Å². The molecular weight excluding hydrogens is 346 g/mol. The van der Waals surface area contributed by atoms with Crippen LogP contribution >= 0.6 is 0 Å². The van der Waals surface area contributed by atoms with Crippen LogP contribution in [0.15, 0.2) is 24.5 Å². The van der Waals surface area contributed by atoms with Crippen LogP contribution in [-0.2, 0) is 13.6 Å². The van der Waals surface area contributed by atoms with Crippen LogP contribution in [0.4, 0.5) is 17.5 Å². The summed E-state index contributed by atoms with van der Waals surface area (Å²) in [6.07, 6.45) is 2.45. The average Bonchev–Trinajstić information content (AvgIpc) is 3.06. The lowest BCUT2D eigenvalue weighted by Crippen LogP contribution is -2.24. The molecule has 0 aliphatic carbocycles. The van der Waals surface area contributed by atoms with Crippen LogP contribution in [0.2, 0.25) is 0 Å². The fourth-order valence-corrected chi connectivity index (χ4v) is 2.75. The highest BCUT2D eigenvalue weighted by atomic mass is 16.5. The van der Waals surface area contributed by atoms with Crippen LogP contribution < -0.4 is 21.1 Å². The molecule has 0 aliphatic rings. The van der Waals surface area contributed by atoms with E-state index in [-0.39, 0.29) is 12.6 Å². The number of ether oxygens (including phenoxy) is 1. The van der Waals surface area contributed by atoms with Gasteiger partial charge in [0.2, 0.25) is 5.95 Å². The number of nitrogen functional groups attached to an aromatic ring is 1. The Labute approximate surface area is 157 Å². The number of aromatic nitrogens is 4. The Bertz CT molecular complexity index is 921. The summed E-state index contributed by atoms with van der Waals surface area (Å²) in [5.41, 5.74) is 9.00. The van der Waals surface area contributed by atoms with Crippen molar-refractivity contribution in [2.75, 3.05) is 30.1 Å². The van der Waals surface area contributed by atoms with Crippen LogP contribution in [-0.4, -0.2) is 44.4 Å². The molecular formula is C18H25N7O2. The molecule has 9 heteroatoms. The fraction of sp³-hybridized carbons (Fsp3) is 0.389. The zero-order chi connectivity index (χ0) is 19.4. The Kier molecular flexibility index (Phi) is 5.60. The molecule has 1 aromatic carbocycles. The van der Waals surface area contributed by atoms with Gasteiger partial charge < -0.3 is 30.8 Å². The van der Waals surface area contributed by atoms with E-state index in [4.69, 9.17) is 10.5 Å². The number of methoxy groups -OCH3 is 1. The number of imidazole rings is 1. The van der Waals surface area contributed by atoms with Crippen molar-refractivity contribution in [1.29, 1.82) is 0 Å². The zero-order valence-corrected chi connectivity index (χ0v) is 15.7. The van der Waals surface area contributed by atoms with Crippen LogP contribution in [0, 0.1) is 0 Å². The van der Waals surface area contributed by atoms with E-state index in [2.05, 4.69) is 25.6 Å². The molecule has 0 amide bonds. The van der Waals surface area contributed by atoms with Crippen LogP contribution in [0.1, 0.15) is 18.9 Å². The third-order valence-corrected chi connectivity index (χ3v) is 4.43. The van der Waals surface area contributed by atoms with Gasteiger partial charge in [0.25, 0.3) is 0 Å². The second-order valence-electron chi connectivity index (χ2n) is 6.24. The first-order chi connectivity index (χ1) is 13.1. The number of benzene rings is 1. The minimum absolute atomic E-state index is 0.00634. The number of para-hydroxylation sites is 1. The number of aliphatic hydroxyl groups is 1. The first-order valence-corrected chi connectivity index (χ1v) is 8.79. The minimum atomic E-state index is -0.113. The highest BCUT2D eigenvalue weighted by Gasteiger charge is 2.15. The molecule has 27 heavy (non-hydrogen) atoms. The second kappa shape index (κ2) is 8.09. The van der Waals surface area contributed by atoms with Crippen molar-refractivity contribution in [3.05, 3.63) is 30.1 Å². The van der Waals surface area contributed by atoms with Gasteiger partial charge in [-0.1, -0.05) is 19.1 Å². The third kappa shape index (κ3) is 3.87. The second-order valence-corrected chi connectivity index (χ2v) is 6.24. The first-order valence-electron chi connectivity index (χ1n) is 8.79. The van der Waals surface area contributed by atoms with E-state index >= 15 is 0 Å². The summed E-state index contributed by atoms with van der Waals surface area (Å²) >= 11 is 0. The lowest BCUT2D eigenvalue weighted by atomic mass is 10.1. The number of anilines is 3. The molecule has 0 saturated heterocycles. The van der Waals surface area contributed by atoms with E-state index < -0.39 is 0 Å². The van der Waals surface area contributed by atoms with Gasteiger partial charge in [-0.15, -0.1) is 0 Å². The summed E-state index contributed by atoms with van der Waals surface area (Å²) in [7, 11) is 3.47. The van der Waals surface area contributed by atoms with Gasteiger partial charge in [0, 0.05) is 13.6 Å². The van der Waals surface area contributed by atoms with E-state index in [1.165, 1.54) is 0 Å². The molecule has 0 aliphatic heterocycles. The minimum Gasteiger partial charge on any atom is -0.495 e. The van der Waals surface area contributed by atoms with Crippen molar-refractivity contribution in [1.82, 2.24) is 19.5 Å². The van der Waals surface area contributed by atoms with Gasteiger partial charge in [-0.3, -0.25) is 0 Å². The maximum absolute atomic E-state index is 9.44. The molecule has 0 fully saturated rings. The largest absolute Gasteiger partial charge is 0.495 e. The molecule has 3 rings (SSSR count). The monoisotopic (exact) mass is 371 g/mol. The molecule has 144 valence electrons. The van der Waals surface area contributed by atoms with Crippen molar-refractivity contribution < 1.29 is 9.84 Å². The van der Waals surface area contributed by atoms with E-state index in [9.17, 15) is 5.11 Å². The summed E-state index contributed by atoms with van der Waals surface area (Å²) in [6.45, 7) is 2.45. The van der Waals surface area contributed by atoms with Gasteiger partial charge in [-0.2, -0.15) is 9.97 Å². The molecule has 1 unspecified atom stereocenters. The van der Waals surface area contributed by atoms with E-state index in [1.807, 2.05) is 36.7 Å². The third-order valence-electron chi connectivity index (χ3n) is 4.43. The Hall–Kier alpha value is -3.07. The number of nitrogens with two attached hydrogens (primary N) is 1. The topological polar surface area (TPSA) is 123 Å². The summed E-state index contributed by atoms with van der Waals surface area (Å²) in [5.74, 6) is 1.67. The summed E-state index contributed by atoms with van der Waals surface area (Å²) in [4.78, 5) is 13.4. The molecule has 3 aromatic rings. The summed E-state index contributed by atoms with van der Waals surface area (Å²) in [5, 5.41) is 15.9. The van der Waals surface area contributed by atoms with E-state index in [0.29, 0.717) is 40.9 Å². The lowest BCUT2D eigenvalue weighted by Gasteiger charge is -2.16. The van der Waals surface area contributed by atoms with Crippen LogP contribution in [0.25, 0.3) is 11.2 Å². The number of nitrogens with zero attached hydrogens (tertiary/aromatic N) is 4. The number of rotatable bonds is 8. The molecule has 0 saturated carbocycles. The van der Waals surface area contributed by atoms with Gasteiger partial charge in [0.05, 0.1) is 31.8 Å². The molecule has 0 spiro atoms. The maximum Gasteiger partial charge on any atom is 0.227 e. The molecule has 2 aromatic heterocycles. The van der Waals surface area contributed by atoms with Crippen molar-refractivity contribution in [3.8, 4) is 5.75 Å². The maximum atomic E-state index is 9.44. The first kappa shape index (κ1) is 18.7. The van der Waals surface area contributed by atoms with Crippen LogP contribution in [0.5, 0.6) is 5.75 Å². The van der Waals surface area contributed by atoms with Gasteiger partial charge in [-0.05, 0) is 18.1 Å². The van der Waals surface area contributed by atoms with Crippen molar-refractivity contribution >= 4 is 28.6 Å². The Morgan fingerprint density at radius 3 is 2.85 bits per heavy atom. The Balaban J connectivity index is 1.91. The molecule has 2 heterocycles. The molecule has 9 nitrogen and oxygen atoms in total. The highest BCUT2D eigenvalue weighted by molar-refractivity contribution is 5.84. The van der Waals surface area contributed by atoms with E-state index in [0.717, 1.165) is 12.0 Å². The van der Waals surface area contributed by atoms with Crippen molar-refractivity contribution in [2.24, 2.45) is 7.05 Å². The number of fused-ring (bicyclic) bond motifs is 1. The fourth-order valence-electron chi connectivity index (χ4n) is 2.75. The Morgan fingerprint density at radius 1 is 1.33 bits per heavy atom. The molecule has 1 atom stereocenters. The van der Waals surface area contributed by atoms with E-state index in [1.54, 1.807) is 13.4 Å². The summed E-state index contributed by atoms with van der Waals surface area (Å²) in [6, 6.07) is 5.53. The van der Waals surface area contributed by atoms with Gasteiger partial charge >= 0.3 is 0 Å². The smallest absolute Gasteiger partial charge is 0.227 e. The summed E-state index contributed by atoms with van der Waals surface area (Å²) < 4.78 is 7.10. The van der Waals surface area contributed by atoms with Crippen LogP contribution in [0.3, 0.4) is 0 Å². The zero-order valence-electron chi connectivity index (χ0n) is 15.7. The molecule has 0 radical (unpaired) electrons. The molecule has 0 bridgehead atoms. The number of aryl methyl sites for hydroxylation is 1.